The van der Waals surface area contributed by atoms with Crippen LogP contribution in [0.2, 0.25) is 0 Å². The van der Waals surface area contributed by atoms with Crippen LogP contribution in [0.5, 0.6) is 0 Å². The number of rotatable bonds is 7. The summed E-state index contributed by atoms with van der Waals surface area (Å²) in [4.78, 5) is 33.5. The molecule has 38 heavy (non-hydrogen) atoms. The molecule has 0 spiro atoms. The number of hydrogen-bond acceptors (Lipinski definition) is 5. The number of fused-ring (bicyclic) bond motifs is 5. The summed E-state index contributed by atoms with van der Waals surface area (Å²) in [5.41, 5.74) is 2.50. The molecule has 6 rings (SSSR count). The zero-order chi connectivity index (χ0) is 26.1. The number of carbonyl (C=O) groups excluding carboxylic acids is 1. The van der Waals surface area contributed by atoms with Crippen molar-refractivity contribution in [2.45, 2.75) is 127 Å². The van der Waals surface area contributed by atoms with Crippen LogP contribution in [-0.4, -0.2) is 45.2 Å². The van der Waals surface area contributed by atoms with Crippen molar-refractivity contribution in [3.05, 3.63) is 40.3 Å². The average molecular weight is 520 g/mol. The topological polar surface area (TPSA) is 64.4 Å². The van der Waals surface area contributed by atoms with Crippen molar-refractivity contribution < 1.29 is 9.53 Å². The molecule has 1 aromatic carbocycles. The van der Waals surface area contributed by atoms with Gasteiger partial charge in [0.05, 0.1) is 17.6 Å². The molecule has 2 aromatic rings. The summed E-state index contributed by atoms with van der Waals surface area (Å²) in [7, 11) is 0. The molecule has 2 saturated heterocycles. The molecule has 4 aliphatic rings. The summed E-state index contributed by atoms with van der Waals surface area (Å²) >= 11 is 0. The van der Waals surface area contributed by atoms with Crippen LogP contribution >= 0.6 is 0 Å². The zero-order valence-electron chi connectivity index (χ0n) is 23.2. The van der Waals surface area contributed by atoms with E-state index in [1.807, 2.05) is 25.1 Å². The van der Waals surface area contributed by atoms with Crippen LogP contribution in [0.3, 0.4) is 0 Å². The second-order valence-corrected chi connectivity index (χ2v) is 12.6. The quantitative estimate of drug-likeness (QED) is 0.408. The largest absolute Gasteiger partial charge is 0.466 e. The average Bonchev–Trinajstić information content (AvgIpc) is 3.07. The number of hydrogen-bond donors (Lipinski definition) is 0. The van der Waals surface area contributed by atoms with E-state index in [1.54, 1.807) is 0 Å². The van der Waals surface area contributed by atoms with Gasteiger partial charge >= 0.3 is 5.97 Å². The normalized spacial score (nSPS) is 31.6. The standard InChI is InChI=1S/C32H45N3O3/c1-2-38-31(36)16-8-14-29-32(37)35(30-15-6-5-13-28(30)33-29)27-20-24-11-7-12-25(21-27)34(24)26-18-22-9-3-4-10-23(17-22)19-26/h5-6,13,15,22-27H,2-4,7-12,14,16-21H2,1H3/t22?,23?,24-,25+,26?,27+. The van der Waals surface area contributed by atoms with Gasteiger partial charge in [-0.15, -0.1) is 0 Å². The van der Waals surface area contributed by atoms with E-state index in [1.165, 1.54) is 64.2 Å². The lowest BCUT2D eigenvalue weighted by Crippen LogP contribution is -2.58. The third-order valence-corrected chi connectivity index (χ3v) is 10.1. The highest BCUT2D eigenvalue weighted by Gasteiger charge is 2.45. The number of nitrogens with zero attached hydrogens (tertiary/aromatic N) is 3. The number of ether oxygens (including phenoxy) is 1. The first-order valence-electron chi connectivity index (χ1n) is 15.5. The van der Waals surface area contributed by atoms with Crippen molar-refractivity contribution in [3.8, 4) is 0 Å². The minimum absolute atomic E-state index is 0.0489. The fourth-order valence-electron chi connectivity index (χ4n) is 8.67. The molecule has 5 atom stereocenters. The van der Waals surface area contributed by atoms with E-state index >= 15 is 0 Å². The molecule has 2 aliphatic carbocycles. The smallest absolute Gasteiger partial charge is 0.305 e. The van der Waals surface area contributed by atoms with Gasteiger partial charge in [0.2, 0.25) is 0 Å². The Morgan fingerprint density at radius 2 is 1.61 bits per heavy atom. The van der Waals surface area contributed by atoms with Crippen LogP contribution in [0, 0.1) is 11.8 Å². The van der Waals surface area contributed by atoms with E-state index < -0.39 is 0 Å². The summed E-state index contributed by atoms with van der Waals surface area (Å²) in [6.07, 6.45) is 17.4. The van der Waals surface area contributed by atoms with Gasteiger partial charge in [-0.1, -0.05) is 44.2 Å². The highest BCUT2D eigenvalue weighted by Crippen LogP contribution is 2.47. The maximum absolute atomic E-state index is 13.9. The Morgan fingerprint density at radius 3 is 2.32 bits per heavy atom. The first-order valence-corrected chi connectivity index (χ1v) is 15.5. The first-order chi connectivity index (χ1) is 18.6. The second kappa shape index (κ2) is 11.5. The van der Waals surface area contributed by atoms with Gasteiger partial charge in [0.1, 0.15) is 5.69 Å². The number of benzene rings is 1. The molecule has 0 N–H and O–H groups in total. The summed E-state index contributed by atoms with van der Waals surface area (Å²) in [6.45, 7) is 2.21. The van der Waals surface area contributed by atoms with Crippen LogP contribution in [0.4, 0.5) is 0 Å². The van der Waals surface area contributed by atoms with Gasteiger partial charge in [-0.2, -0.15) is 0 Å². The van der Waals surface area contributed by atoms with Gasteiger partial charge in [-0.25, -0.2) is 4.98 Å². The summed E-state index contributed by atoms with van der Waals surface area (Å²) in [6, 6.07) is 10.3. The maximum Gasteiger partial charge on any atom is 0.305 e. The predicted molar refractivity (Wildman–Crippen MR) is 150 cm³/mol. The van der Waals surface area contributed by atoms with Gasteiger partial charge in [-0.3, -0.25) is 14.5 Å². The molecule has 4 bridgehead atoms. The second-order valence-electron chi connectivity index (χ2n) is 12.6. The molecule has 2 aliphatic heterocycles. The van der Waals surface area contributed by atoms with Crippen LogP contribution in [0.15, 0.2) is 29.1 Å². The molecule has 1 aromatic heterocycles. The minimum atomic E-state index is -0.198. The van der Waals surface area contributed by atoms with E-state index in [2.05, 4.69) is 15.5 Å². The number of carbonyl (C=O) groups is 1. The summed E-state index contributed by atoms with van der Waals surface area (Å²) in [5, 5.41) is 0. The molecule has 0 radical (unpaired) electrons. The number of aromatic nitrogens is 2. The molecule has 4 fully saturated rings. The van der Waals surface area contributed by atoms with E-state index in [0.29, 0.717) is 43.6 Å². The monoisotopic (exact) mass is 519 g/mol. The van der Waals surface area contributed by atoms with Crippen LogP contribution in [0.1, 0.15) is 109 Å². The lowest BCUT2D eigenvalue weighted by Gasteiger charge is -2.54. The third-order valence-electron chi connectivity index (χ3n) is 10.1. The highest BCUT2D eigenvalue weighted by atomic mass is 16.5. The maximum atomic E-state index is 13.9. The Labute approximate surface area is 227 Å². The Bertz CT molecular complexity index is 1160. The van der Waals surface area contributed by atoms with Crippen molar-refractivity contribution >= 4 is 17.0 Å². The van der Waals surface area contributed by atoms with Gasteiger partial charge in [-0.05, 0) is 88.7 Å². The molecular formula is C32H45N3O3. The van der Waals surface area contributed by atoms with Gasteiger partial charge in [0.25, 0.3) is 5.56 Å². The number of para-hydroxylation sites is 2. The van der Waals surface area contributed by atoms with Crippen molar-refractivity contribution in [1.29, 1.82) is 0 Å². The van der Waals surface area contributed by atoms with Crippen molar-refractivity contribution in [2.24, 2.45) is 11.8 Å². The SMILES string of the molecule is CCOC(=O)CCCc1nc2ccccc2n([C@H]2C[C@H]3CCC[C@@H](C2)N3C2CC3CCCCC(C3)C2)c1=O. The third kappa shape index (κ3) is 5.30. The van der Waals surface area contributed by atoms with E-state index in [0.717, 1.165) is 41.8 Å². The number of esters is 1. The molecule has 6 nitrogen and oxygen atoms in total. The fourth-order valence-corrected chi connectivity index (χ4v) is 8.67. The minimum Gasteiger partial charge on any atom is -0.466 e. The number of aryl methyl sites for hydroxylation is 1. The highest BCUT2D eigenvalue weighted by molar-refractivity contribution is 5.75. The molecule has 0 amide bonds. The molecule has 2 unspecified atom stereocenters. The van der Waals surface area contributed by atoms with Gasteiger partial charge in [0, 0.05) is 30.6 Å². The van der Waals surface area contributed by atoms with Crippen molar-refractivity contribution in [3.63, 3.8) is 0 Å². The van der Waals surface area contributed by atoms with Gasteiger partial charge < -0.3 is 9.30 Å². The molecular weight excluding hydrogens is 474 g/mol. The van der Waals surface area contributed by atoms with E-state index in [-0.39, 0.29) is 17.6 Å². The Kier molecular flexibility index (Phi) is 7.87. The van der Waals surface area contributed by atoms with E-state index in [9.17, 15) is 9.59 Å². The molecule has 6 heteroatoms. The fraction of sp³-hybridized carbons (Fsp3) is 0.719. The van der Waals surface area contributed by atoms with Crippen molar-refractivity contribution in [2.75, 3.05) is 6.61 Å². The molecule has 2 saturated carbocycles. The zero-order valence-corrected chi connectivity index (χ0v) is 23.2. The van der Waals surface area contributed by atoms with Gasteiger partial charge in [0.15, 0.2) is 0 Å². The Morgan fingerprint density at radius 1 is 0.895 bits per heavy atom. The first kappa shape index (κ1) is 26.0. The van der Waals surface area contributed by atoms with Crippen LogP contribution < -0.4 is 5.56 Å². The lowest BCUT2D eigenvalue weighted by atomic mass is 9.73. The summed E-state index contributed by atoms with van der Waals surface area (Å²) in [5.74, 6) is 1.67. The lowest BCUT2D eigenvalue weighted by molar-refractivity contribution is -0.143. The van der Waals surface area contributed by atoms with Crippen LogP contribution in [-0.2, 0) is 16.0 Å². The number of piperidine rings is 2. The molecule has 3 heterocycles. The Hall–Kier alpha value is -2.21. The molecule has 206 valence electrons. The van der Waals surface area contributed by atoms with Crippen molar-refractivity contribution in [1.82, 2.24) is 14.5 Å². The van der Waals surface area contributed by atoms with Crippen LogP contribution in [0.25, 0.3) is 11.0 Å². The predicted octanol–water partition coefficient (Wildman–Crippen LogP) is 6.20. The van der Waals surface area contributed by atoms with E-state index in [4.69, 9.17) is 9.72 Å². The summed E-state index contributed by atoms with van der Waals surface area (Å²) < 4.78 is 7.19. The Balaban J connectivity index is 1.25.